The summed E-state index contributed by atoms with van der Waals surface area (Å²) < 4.78 is 0. The van der Waals surface area contributed by atoms with Crippen molar-refractivity contribution in [2.24, 2.45) is 0 Å². The molecule has 5 heteroatoms. The molecule has 0 atom stereocenters. The van der Waals surface area contributed by atoms with Crippen molar-refractivity contribution in [1.29, 1.82) is 0 Å². The molecule has 18 heavy (non-hydrogen) atoms. The molecular weight excluding hydrogens is 252 g/mol. The van der Waals surface area contributed by atoms with Crippen LogP contribution in [0, 0.1) is 0 Å². The average Bonchev–Trinajstić information content (AvgIpc) is 2.34. The maximum atomic E-state index is 11.7. The molecule has 4 nitrogen and oxygen atoms in total. The molecule has 1 saturated heterocycles. The van der Waals surface area contributed by atoms with E-state index in [1.807, 2.05) is 7.05 Å². The summed E-state index contributed by atoms with van der Waals surface area (Å²) in [5.74, 6) is -0.815. The van der Waals surface area contributed by atoms with E-state index in [9.17, 15) is 9.90 Å². The lowest BCUT2D eigenvalue weighted by molar-refractivity contribution is -0.145. The van der Waals surface area contributed by atoms with Crippen LogP contribution in [0.15, 0.2) is 18.2 Å². The van der Waals surface area contributed by atoms with E-state index < -0.39 is 11.4 Å². The van der Waals surface area contributed by atoms with Gasteiger partial charge in [-0.25, -0.2) is 0 Å². The van der Waals surface area contributed by atoms with Gasteiger partial charge in [0.05, 0.1) is 16.1 Å². The molecular formula is C13H17ClN2O2. The predicted octanol–water partition coefficient (Wildman–Crippen LogP) is 1.97. The number of carbonyl (C=O) groups is 1. The number of carboxylic acid groups (broad SMARTS) is 1. The lowest BCUT2D eigenvalue weighted by atomic mass is 9.72. The smallest absolute Gasteiger partial charge is 0.314 e. The summed E-state index contributed by atoms with van der Waals surface area (Å²) in [6.45, 7) is 1.50. The van der Waals surface area contributed by atoms with E-state index in [1.165, 1.54) is 0 Å². The van der Waals surface area contributed by atoms with Gasteiger partial charge in [-0.15, -0.1) is 0 Å². The minimum atomic E-state index is -0.901. The zero-order chi connectivity index (χ0) is 13.3. The molecule has 1 aliphatic heterocycles. The lowest BCUT2D eigenvalue weighted by Gasteiger charge is -2.38. The first-order chi connectivity index (χ1) is 8.47. The van der Waals surface area contributed by atoms with Gasteiger partial charge < -0.3 is 15.7 Å². The fourth-order valence-corrected chi connectivity index (χ4v) is 2.73. The number of carboxylic acids is 1. The van der Waals surface area contributed by atoms with E-state index in [1.54, 1.807) is 18.2 Å². The fourth-order valence-electron chi connectivity index (χ4n) is 2.55. The third-order valence-electron chi connectivity index (χ3n) is 3.82. The first-order valence-electron chi connectivity index (χ1n) is 5.94. The fraction of sp³-hybridized carbons (Fsp3) is 0.462. The molecule has 1 aliphatic rings. The van der Waals surface area contributed by atoms with Crippen LogP contribution in [0.3, 0.4) is 0 Å². The number of anilines is 1. The van der Waals surface area contributed by atoms with Crippen LogP contribution in [0.25, 0.3) is 0 Å². The average molecular weight is 269 g/mol. The van der Waals surface area contributed by atoms with Gasteiger partial charge in [-0.1, -0.05) is 23.7 Å². The van der Waals surface area contributed by atoms with Crippen LogP contribution in [0.5, 0.6) is 0 Å². The normalized spacial score (nSPS) is 19.7. The van der Waals surface area contributed by atoms with Crippen LogP contribution in [-0.4, -0.2) is 36.1 Å². The van der Waals surface area contributed by atoms with Crippen molar-refractivity contribution in [3.8, 4) is 0 Å². The molecule has 1 aromatic rings. The number of piperidine rings is 1. The van der Waals surface area contributed by atoms with Crippen molar-refractivity contribution in [3.63, 3.8) is 0 Å². The predicted molar refractivity (Wildman–Crippen MR) is 71.9 cm³/mol. The number of halogens is 1. The van der Waals surface area contributed by atoms with Gasteiger partial charge in [0.25, 0.3) is 0 Å². The van der Waals surface area contributed by atoms with E-state index in [0.29, 0.717) is 29.1 Å². The molecule has 1 heterocycles. The third kappa shape index (κ3) is 2.06. The molecule has 98 valence electrons. The van der Waals surface area contributed by atoms with Crippen LogP contribution < -0.4 is 5.73 Å². The highest BCUT2D eigenvalue weighted by molar-refractivity contribution is 6.33. The maximum Gasteiger partial charge on any atom is 0.314 e. The number of para-hydroxylation sites is 1. The number of likely N-dealkylation sites (tertiary alicyclic amines) is 1. The Hall–Kier alpha value is -1.26. The van der Waals surface area contributed by atoms with Gasteiger partial charge in [0, 0.05) is 0 Å². The SMILES string of the molecule is CN1CCC(C(=O)O)(c2cccc(Cl)c2N)CC1. The summed E-state index contributed by atoms with van der Waals surface area (Å²) in [7, 11) is 1.99. The van der Waals surface area contributed by atoms with Crippen LogP contribution in [-0.2, 0) is 10.2 Å². The number of nitrogens with two attached hydrogens (primary N) is 1. The van der Waals surface area contributed by atoms with Gasteiger partial charge in [0.1, 0.15) is 0 Å². The molecule has 0 saturated carbocycles. The molecule has 0 aromatic heterocycles. The first-order valence-corrected chi connectivity index (χ1v) is 6.31. The lowest BCUT2D eigenvalue weighted by Crippen LogP contribution is -2.46. The number of hydrogen-bond acceptors (Lipinski definition) is 3. The Morgan fingerprint density at radius 2 is 2.06 bits per heavy atom. The maximum absolute atomic E-state index is 11.7. The molecule has 1 aromatic carbocycles. The second-order valence-electron chi connectivity index (χ2n) is 4.89. The summed E-state index contributed by atoms with van der Waals surface area (Å²) in [6, 6.07) is 5.22. The summed E-state index contributed by atoms with van der Waals surface area (Å²) in [6.07, 6.45) is 1.12. The van der Waals surface area contributed by atoms with E-state index in [-0.39, 0.29) is 0 Å². The molecule has 0 bridgehead atoms. The van der Waals surface area contributed by atoms with Crippen molar-refractivity contribution >= 4 is 23.3 Å². The molecule has 2 rings (SSSR count). The Morgan fingerprint density at radius 1 is 1.44 bits per heavy atom. The highest BCUT2D eigenvalue weighted by Gasteiger charge is 2.43. The van der Waals surface area contributed by atoms with Crippen LogP contribution in [0.2, 0.25) is 5.02 Å². The van der Waals surface area contributed by atoms with Crippen LogP contribution in [0.1, 0.15) is 18.4 Å². The minimum Gasteiger partial charge on any atom is -0.481 e. The van der Waals surface area contributed by atoms with Crippen molar-refractivity contribution in [1.82, 2.24) is 4.90 Å². The summed E-state index contributed by atoms with van der Waals surface area (Å²) in [5.41, 5.74) is 6.10. The largest absolute Gasteiger partial charge is 0.481 e. The van der Waals surface area contributed by atoms with Crippen molar-refractivity contribution in [2.75, 3.05) is 25.9 Å². The highest BCUT2D eigenvalue weighted by Crippen LogP contribution is 2.40. The number of hydrogen-bond donors (Lipinski definition) is 2. The van der Waals surface area contributed by atoms with Crippen LogP contribution >= 0.6 is 11.6 Å². The number of benzene rings is 1. The Labute approximate surface area is 111 Å². The van der Waals surface area contributed by atoms with Crippen LogP contribution in [0.4, 0.5) is 5.69 Å². The Balaban J connectivity index is 2.48. The molecule has 0 unspecified atom stereocenters. The van der Waals surface area contributed by atoms with Gasteiger partial charge in [0.15, 0.2) is 0 Å². The van der Waals surface area contributed by atoms with Crippen molar-refractivity contribution < 1.29 is 9.90 Å². The first kappa shape index (κ1) is 13.2. The quantitative estimate of drug-likeness (QED) is 0.805. The molecule has 3 N–H and O–H groups in total. The van der Waals surface area contributed by atoms with E-state index in [4.69, 9.17) is 17.3 Å². The van der Waals surface area contributed by atoms with Gasteiger partial charge in [-0.2, -0.15) is 0 Å². The Morgan fingerprint density at radius 3 is 2.61 bits per heavy atom. The molecule has 0 radical (unpaired) electrons. The van der Waals surface area contributed by atoms with Gasteiger partial charge in [-0.05, 0) is 44.6 Å². The number of rotatable bonds is 2. The highest BCUT2D eigenvalue weighted by atomic mass is 35.5. The zero-order valence-corrected chi connectivity index (χ0v) is 11.1. The Kier molecular flexibility index (Phi) is 3.50. The minimum absolute atomic E-state index is 0.395. The zero-order valence-electron chi connectivity index (χ0n) is 10.3. The number of nitrogens with zero attached hydrogens (tertiary/aromatic N) is 1. The van der Waals surface area contributed by atoms with Gasteiger partial charge in [0.2, 0.25) is 0 Å². The standard InChI is InChI=1S/C13H17ClN2O2/c1-16-7-5-13(6-8-16,12(17)18)9-3-2-4-10(14)11(9)15/h2-4H,5-8,15H2,1H3,(H,17,18). The second-order valence-corrected chi connectivity index (χ2v) is 5.30. The van der Waals surface area contributed by atoms with E-state index >= 15 is 0 Å². The monoisotopic (exact) mass is 268 g/mol. The third-order valence-corrected chi connectivity index (χ3v) is 4.15. The molecule has 0 aliphatic carbocycles. The summed E-state index contributed by atoms with van der Waals surface area (Å²) >= 11 is 6.00. The van der Waals surface area contributed by atoms with Crippen molar-refractivity contribution in [3.05, 3.63) is 28.8 Å². The van der Waals surface area contributed by atoms with Gasteiger partial charge in [-0.3, -0.25) is 4.79 Å². The summed E-state index contributed by atoms with van der Waals surface area (Å²) in [5, 5.41) is 10.0. The molecule has 0 spiro atoms. The van der Waals surface area contributed by atoms with E-state index in [2.05, 4.69) is 4.90 Å². The number of aliphatic carboxylic acids is 1. The van der Waals surface area contributed by atoms with Gasteiger partial charge >= 0.3 is 5.97 Å². The molecule has 0 amide bonds. The van der Waals surface area contributed by atoms with Crippen molar-refractivity contribution in [2.45, 2.75) is 18.3 Å². The topological polar surface area (TPSA) is 66.6 Å². The Bertz CT molecular complexity index is 468. The summed E-state index contributed by atoms with van der Waals surface area (Å²) in [4.78, 5) is 13.9. The second kappa shape index (κ2) is 4.78. The van der Waals surface area contributed by atoms with E-state index in [0.717, 1.165) is 13.1 Å². The molecule has 1 fully saturated rings. The number of nitrogen functional groups attached to an aromatic ring is 1.